The molecule has 2 N–H and O–H groups in total. The number of rotatable bonds is 6. The number of carboxylic acids is 1. The number of anilines is 1. The van der Waals surface area contributed by atoms with E-state index in [4.69, 9.17) is 5.11 Å². The summed E-state index contributed by atoms with van der Waals surface area (Å²) >= 11 is 0. The van der Waals surface area contributed by atoms with E-state index < -0.39 is 5.97 Å². The number of aromatic carboxylic acids is 1. The molecule has 0 radical (unpaired) electrons. The van der Waals surface area contributed by atoms with Crippen molar-refractivity contribution in [1.29, 1.82) is 0 Å². The second-order valence-electron chi connectivity index (χ2n) is 4.31. The average molecular weight is 261 g/mol. The molecule has 2 rings (SSSR count). The number of nitrogens with zero attached hydrogens (tertiary/aromatic N) is 4. The predicted octanol–water partition coefficient (Wildman–Crippen LogP) is 1.12. The van der Waals surface area contributed by atoms with Crippen LogP contribution in [0.5, 0.6) is 0 Å². The Bertz CT molecular complexity index is 524. The van der Waals surface area contributed by atoms with E-state index in [1.165, 1.54) is 12.4 Å². The van der Waals surface area contributed by atoms with Crippen molar-refractivity contribution in [3.8, 4) is 0 Å². The first kappa shape index (κ1) is 13.0. The van der Waals surface area contributed by atoms with Crippen molar-refractivity contribution in [2.45, 2.75) is 13.5 Å². The summed E-state index contributed by atoms with van der Waals surface area (Å²) < 4.78 is 1.87. The van der Waals surface area contributed by atoms with Gasteiger partial charge in [-0.3, -0.25) is 4.68 Å². The predicted molar refractivity (Wildman–Crippen MR) is 68.9 cm³/mol. The minimum absolute atomic E-state index is 0.0601. The molecule has 0 spiro atoms. The second-order valence-corrected chi connectivity index (χ2v) is 4.31. The Hall–Kier alpha value is -2.44. The van der Waals surface area contributed by atoms with Crippen LogP contribution in [0.3, 0.4) is 0 Å². The topological polar surface area (TPSA) is 92.9 Å². The van der Waals surface area contributed by atoms with Gasteiger partial charge in [-0.25, -0.2) is 14.8 Å². The van der Waals surface area contributed by atoms with E-state index in [1.807, 2.05) is 16.9 Å². The fourth-order valence-electron chi connectivity index (χ4n) is 1.60. The second kappa shape index (κ2) is 5.94. The van der Waals surface area contributed by atoms with Gasteiger partial charge < -0.3 is 10.4 Å². The van der Waals surface area contributed by atoms with Crippen LogP contribution in [0.2, 0.25) is 0 Å². The van der Waals surface area contributed by atoms with Crippen molar-refractivity contribution in [2.75, 3.05) is 11.9 Å². The zero-order valence-electron chi connectivity index (χ0n) is 10.5. The first-order valence-electron chi connectivity index (χ1n) is 5.92. The molecule has 0 saturated heterocycles. The molecule has 7 nitrogen and oxygen atoms in total. The molecule has 0 aromatic carbocycles. The van der Waals surface area contributed by atoms with Crippen molar-refractivity contribution >= 4 is 11.8 Å². The fraction of sp³-hybridized carbons (Fsp3) is 0.333. The highest BCUT2D eigenvalue weighted by Gasteiger charge is 2.06. The number of carboxylic acid groups (broad SMARTS) is 1. The van der Waals surface area contributed by atoms with E-state index in [-0.39, 0.29) is 5.69 Å². The summed E-state index contributed by atoms with van der Waals surface area (Å²) in [5.74, 6) is -0.149. The quantitative estimate of drug-likeness (QED) is 0.809. The first-order valence-corrected chi connectivity index (χ1v) is 5.92. The van der Waals surface area contributed by atoms with E-state index in [2.05, 4.69) is 27.3 Å². The lowest BCUT2D eigenvalue weighted by Gasteiger charge is -2.12. The van der Waals surface area contributed by atoms with Gasteiger partial charge in [0.25, 0.3) is 0 Å². The number of nitrogens with one attached hydrogen (secondary N) is 1. The molecule has 2 heterocycles. The van der Waals surface area contributed by atoms with E-state index in [1.54, 1.807) is 6.20 Å². The van der Waals surface area contributed by atoms with Gasteiger partial charge in [0.15, 0.2) is 5.69 Å². The minimum atomic E-state index is -1.08. The summed E-state index contributed by atoms with van der Waals surface area (Å²) in [5, 5.41) is 16.0. The van der Waals surface area contributed by atoms with Crippen LogP contribution in [0.4, 0.5) is 5.82 Å². The summed E-state index contributed by atoms with van der Waals surface area (Å²) in [6.07, 6.45) is 6.32. The third-order valence-electron chi connectivity index (χ3n) is 2.56. The molecular weight excluding hydrogens is 246 g/mol. The van der Waals surface area contributed by atoms with Crippen LogP contribution in [0.1, 0.15) is 17.4 Å². The van der Waals surface area contributed by atoms with E-state index in [9.17, 15) is 4.79 Å². The zero-order valence-corrected chi connectivity index (χ0v) is 10.5. The van der Waals surface area contributed by atoms with Crippen molar-refractivity contribution in [2.24, 2.45) is 5.92 Å². The van der Waals surface area contributed by atoms with Crippen molar-refractivity contribution in [3.05, 3.63) is 36.5 Å². The lowest BCUT2D eigenvalue weighted by atomic mass is 10.2. The van der Waals surface area contributed by atoms with Gasteiger partial charge in [-0.15, -0.1) is 0 Å². The molecule has 7 heteroatoms. The van der Waals surface area contributed by atoms with Crippen LogP contribution in [-0.4, -0.2) is 37.4 Å². The zero-order chi connectivity index (χ0) is 13.7. The maximum atomic E-state index is 10.6. The van der Waals surface area contributed by atoms with Gasteiger partial charge in [-0.1, -0.05) is 6.92 Å². The van der Waals surface area contributed by atoms with E-state index >= 15 is 0 Å². The van der Waals surface area contributed by atoms with Gasteiger partial charge in [-0.2, -0.15) is 5.10 Å². The SMILES string of the molecule is CC(CNc1cnc(C(=O)O)cn1)Cn1cccn1. The van der Waals surface area contributed by atoms with Gasteiger partial charge in [-0.05, 0) is 12.0 Å². The standard InChI is InChI=1S/C12H15N5O2/c1-9(8-17-4-2-3-16-17)5-14-11-7-13-10(6-15-11)12(18)19/h2-4,6-7,9H,5,8H2,1H3,(H,14,15)(H,18,19). The molecule has 0 aliphatic carbocycles. The molecular formula is C12H15N5O2. The Labute approximate surface area is 110 Å². The summed E-state index contributed by atoms with van der Waals surface area (Å²) in [6, 6.07) is 1.89. The summed E-state index contributed by atoms with van der Waals surface area (Å²) in [4.78, 5) is 18.4. The summed E-state index contributed by atoms with van der Waals surface area (Å²) in [7, 11) is 0. The Morgan fingerprint density at radius 1 is 1.47 bits per heavy atom. The molecule has 0 amide bonds. The highest BCUT2D eigenvalue weighted by molar-refractivity contribution is 5.84. The molecule has 0 saturated carbocycles. The highest BCUT2D eigenvalue weighted by Crippen LogP contribution is 2.05. The van der Waals surface area contributed by atoms with Crippen molar-refractivity contribution in [3.63, 3.8) is 0 Å². The lowest BCUT2D eigenvalue weighted by molar-refractivity contribution is 0.0690. The van der Waals surface area contributed by atoms with Crippen LogP contribution in [0, 0.1) is 5.92 Å². The third kappa shape index (κ3) is 3.77. The van der Waals surface area contributed by atoms with Gasteiger partial charge in [0, 0.05) is 25.5 Å². The maximum absolute atomic E-state index is 10.6. The number of hydrogen-bond donors (Lipinski definition) is 2. The minimum Gasteiger partial charge on any atom is -0.476 e. The number of carbonyl (C=O) groups is 1. The maximum Gasteiger partial charge on any atom is 0.356 e. The lowest BCUT2D eigenvalue weighted by Crippen LogP contribution is -2.18. The van der Waals surface area contributed by atoms with Crippen LogP contribution < -0.4 is 5.32 Å². The molecule has 19 heavy (non-hydrogen) atoms. The largest absolute Gasteiger partial charge is 0.476 e. The molecule has 0 bridgehead atoms. The number of aromatic nitrogens is 4. The fourth-order valence-corrected chi connectivity index (χ4v) is 1.60. The highest BCUT2D eigenvalue weighted by atomic mass is 16.4. The third-order valence-corrected chi connectivity index (χ3v) is 2.56. The molecule has 0 fully saturated rings. The Morgan fingerprint density at radius 2 is 2.32 bits per heavy atom. The van der Waals surface area contributed by atoms with Gasteiger partial charge in [0.2, 0.25) is 0 Å². The van der Waals surface area contributed by atoms with E-state index in [0.29, 0.717) is 18.3 Å². The Kier molecular flexibility index (Phi) is 4.07. The first-order chi connectivity index (χ1) is 9.15. The Morgan fingerprint density at radius 3 is 2.89 bits per heavy atom. The molecule has 0 aliphatic heterocycles. The monoisotopic (exact) mass is 261 g/mol. The van der Waals surface area contributed by atoms with Crippen molar-refractivity contribution in [1.82, 2.24) is 19.7 Å². The smallest absolute Gasteiger partial charge is 0.356 e. The van der Waals surface area contributed by atoms with Gasteiger partial charge >= 0.3 is 5.97 Å². The Balaban J connectivity index is 1.83. The average Bonchev–Trinajstić information content (AvgIpc) is 2.89. The molecule has 100 valence electrons. The number of hydrogen-bond acceptors (Lipinski definition) is 5. The van der Waals surface area contributed by atoms with E-state index in [0.717, 1.165) is 6.54 Å². The molecule has 1 unspecified atom stereocenters. The van der Waals surface area contributed by atoms with Crippen molar-refractivity contribution < 1.29 is 9.90 Å². The van der Waals surface area contributed by atoms with Gasteiger partial charge in [0.1, 0.15) is 5.82 Å². The molecule has 0 aliphatic rings. The summed E-state index contributed by atoms with van der Waals surface area (Å²) in [5.41, 5.74) is -0.0601. The van der Waals surface area contributed by atoms with Crippen LogP contribution in [-0.2, 0) is 6.54 Å². The van der Waals surface area contributed by atoms with Crippen LogP contribution >= 0.6 is 0 Å². The normalized spacial score (nSPS) is 12.1. The molecule has 2 aromatic heterocycles. The van der Waals surface area contributed by atoms with Gasteiger partial charge in [0.05, 0.1) is 12.4 Å². The van der Waals surface area contributed by atoms with Crippen LogP contribution in [0.15, 0.2) is 30.9 Å². The molecule has 1 atom stereocenters. The van der Waals surface area contributed by atoms with Crippen LogP contribution in [0.25, 0.3) is 0 Å². The summed E-state index contributed by atoms with van der Waals surface area (Å²) in [6.45, 7) is 3.61. The molecule has 2 aromatic rings.